The van der Waals surface area contributed by atoms with Gasteiger partial charge in [0.15, 0.2) is 5.78 Å². The summed E-state index contributed by atoms with van der Waals surface area (Å²) in [5.74, 6) is -1.25. The van der Waals surface area contributed by atoms with Gasteiger partial charge in [0, 0.05) is 4.47 Å². The van der Waals surface area contributed by atoms with Crippen LogP contribution in [0.15, 0.2) is 21.1 Å². The quantitative estimate of drug-likeness (QED) is 0.458. The first-order chi connectivity index (χ1) is 6.07. The first kappa shape index (κ1) is 11.1. The lowest BCUT2D eigenvalue weighted by molar-refractivity contribution is 0.101. The van der Waals surface area contributed by atoms with Crippen LogP contribution in [0.1, 0.15) is 10.4 Å². The number of carbonyl (C=O) groups excluding carboxylic acids is 1. The molecule has 1 rings (SSSR count). The zero-order valence-electron chi connectivity index (χ0n) is 6.28. The van der Waals surface area contributed by atoms with E-state index >= 15 is 0 Å². The van der Waals surface area contributed by atoms with Crippen LogP contribution in [0.4, 0.5) is 4.39 Å². The second-order valence-corrected chi connectivity index (χ2v) is 4.25. The van der Waals surface area contributed by atoms with Gasteiger partial charge < -0.3 is 0 Å². The second-order valence-electron chi connectivity index (χ2n) is 2.27. The van der Waals surface area contributed by atoms with Crippen molar-refractivity contribution < 1.29 is 9.18 Å². The molecular weight excluding hydrogens is 326 g/mol. The highest BCUT2D eigenvalue weighted by Crippen LogP contribution is 2.26. The fraction of sp³-hybridized carbons (Fsp3) is 0.125. The smallest absolute Gasteiger partial charge is 0.181 e. The molecule has 1 aromatic rings. The first-order valence-corrected chi connectivity index (χ1v) is 5.42. The average molecular weight is 330 g/mol. The van der Waals surface area contributed by atoms with Gasteiger partial charge in [-0.25, -0.2) is 4.39 Å². The van der Waals surface area contributed by atoms with Gasteiger partial charge >= 0.3 is 0 Å². The Labute approximate surface area is 96.5 Å². The Hall–Kier alpha value is 0.0700. The van der Waals surface area contributed by atoms with Gasteiger partial charge in [0.25, 0.3) is 0 Å². The summed E-state index contributed by atoms with van der Waals surface area (Å²) in [4.78, 5) is 11.2. The third-order valence-corrected chi connectivity index (χ3v) is 2.96. The van der Waals surface area contributed by atoms with Crippen molar-refractivity contribution in [3.63, 3.8) is 0 Å². The van der Waals surface area contributed by atoms with Gasteiger partial charge in [-0.3, -0.25) is 4.79 Å². The van der Waals surface area contributed by atoms with Crippen molar-refractivity contribution in [1.82, 2.24) is 0 Å². The lowest BCUT2D eigenvalue weighted by Gasteiger charge is -2.04. The van der Waals surface area contributed by atoms with Crippen LogP contribution in [0, 0.1) is 5.82 Å². The average Bonchev–Trinajstić information content (AvgIpc) is 2.12. The van der Waals surface area contributed by atoms with Crippen LogP contribution in [0.5, 0.6) is 0 Å². The molecule has 0 aliphatic carbocycles. The second kappa shape index (κ2) is 4.53. The van der Waals surface area contributed by atoms with Crippen LogP contribution in [0.2, 0.25) is 0 Å². The summed E-state index contributed by atoms with van der Waals surface area (Å²) in [5.41, 5.74) is -0.00984. The highest BCUT2D eigenvalue weighted by Gasteiger charge is 2.16. The minimum atomic E-state index is -0.583. The fourth-order valence-electron chi connectivity index (χ4n) is 0.849. The minimum absolute atomic E-state index is 0.00984. The summed E-state index contributed by atoms with van der Waals surface area (Å²) in [6, 6.07) is 3.11. The largest absolute Gasteiger partial charge is 0.293 e. The van der Waals surface area contributed by atoms with Gasteiger partial charge in [0.05, 0.1) is 15.9 Å². The van der Waals surface area contributed by atoms with E-state index in [1.165, 1.54) is 6.07 Å². The maximum atomic E-state index is 13.3. The van der Waals surface area contributed by atoms with Gasteiger partial charge in [-0.2, -0.15) is 0 Å². The minimum Gasteiger partial charge on any atom is -0.293 e. The number of halogens is 4. The molecule has 0 N–H and O–H groups in total. The zero-order chi connectivity index (χ0) is 10.0. The van der Waals surface area contributed by atoms with Crippen molar-refractivity contribution in [2.45, 2.75) is 0 Å². The van der Waals surface area contributed by atoms with Crippen LogP contribution < -0.4 is 0 Å². The van der Waals surface area contributed by atoms with E-state index in [4.69, 9.17) is 11.6 Å². The Morgan fingerprint density at radius 2 is 1.92 bits per heavy atom. The van der Waals surface area contributed by atoms with E-state index in [-0.39, 0.29) is 15.9 Å². The molecule has 0 aliphatic rings. The van der Waals surface area contributed by atoms with E-state index in [9.17, 15) is 9.18 Å². The van der Waals surface area contributed by atoms with Gasteiger partial charge in [-0.1, -0.05) is 0 Å². The summed E-state index contributed by atoms with van der Waals surface area (Å²) in [5, 5.41) is 0. The highest BCUT2D eigenvalue weighted by atomic mass is 79.9. The normalized spacial score (nSPS) is 10.2. The van der Waals surface area contributed by atoms with Gasteiger partial charge in [-0.15, -0.1) is 11.6 Å². The Morgan fingerprint density at radius 3 is 2.46 bits per heavy atom. The molecule has 0 aromatic heterocycles. The maximum Gasteiger partial charge on any atom is 0.181 e. The molecule has 0 heterocycles. The molecule has 0 saturated carbocycles. The Bertz CT molecular complexity index is 354. The van der Waals surface area contributed by atoms with Crippen LogP contribution in [-0.4, -0.2) is 11.7 Å². The Kier molecular flexibility index (Phi) is 3.88. The van der Waals surface area contributed by atoms with Crippen LogP contribution >= 0.6 is 43.5 Å². The molecule has 0 spiro atoms. The van der Waals surface area contributed by atoms with Crippen molar-refractivity contribution in [3.05, 3.63) is 32.5 Å². The molecule has 13 heavy (non-hydrogen) atoms. The number of benzene rings is 1. The van der Waals surface area contributed by atoms with Crippen molar-refractivity contribution in [2.75, 3.05) is 5.88 Å². The predicted molar refractivity (Wildman–Crippen MR) is 56.9 cm³/mol. The third-order valence-electron chi connectivity index (χ3n) is 1.44. The van der Waals surface area contributed by atoms with E-state index in [1.54, 1.807) is 6.07 Å². The highest BCUT2D eigenvalue weighted by molar-refractivity contribution is 9.11. The number of Topliss-reactive ketones (excluding diaryl/α,β-unsaturated/α-hetero) is 1. The van der Waals surface area contributed by atoms with Crippen molar-refractivity contribution in [1.29, 1.82) is 0 Å². The lowest BCUT2D eigenvalue weighted by Crippen LogP contribution is -2.05. The molecule has 0 radical (unpaired) electrons. The zero-order valence-corrected chi connectivity index (χ0v) is 10.2. The number of carbonyl (C=O) groups is 1. The third kappa shape index (κ3) is 2.30. The lowest BCUT2D eigenvalue weighted by atomic mass is 10.1. The summed E-state index contributed by atoms with van der Waals surface area (Å²) < 4.78 is 14.0. The summed E-state index contributed by atoms with van der Waals surface area (Å²) >= 11 is 11.4. The Balaban J connectivity index is 3.33. The standard InChI is InChI=1S/C8H4Br2ClFO/c9-4-1-2-5(10)8(12)7(4)6(13)3-11/h1-2H,3H2. The number of ketones is 1. The number of hydrogen-bond donors (Lipinski definition) is 0. The predicted octanol–water partition coefficient (Wildman–Crippen LogP) is 3.77. The molecule has 0 fully saturated rings. The van der Waals surface area contributed by atoms with E-state index in [0.29, 0.717) is 4.47 Å². The first-order valence-electron chi connectivity index (χ1n) is 3.30. The van der Waals surface area contributed by atoms with Crippen LogP contribution in [0.25, 0.3) is 0 Å². The molecule has 0 unspecified atom stereocenters. The molecule has 0 saturated heterocycles. The molecule has 70 valence electrons. The molecule has 1 aromatic carbocycles. The summed E-state index contributed by atoms with van der Waals surface area (Å²) in [6.45, 7) is 0. The van der Waals surface area contributed by atoms with Crippen molar-refractivity contribution in [2.24, 2.45) is 0 Å². The van der Waals surface area contributed by atoms with E-state index in [1.807, 2.05) is 0 Å². The molecule has 0 bridgehead atoms. The molecule has 0 aliphatic heterocycles. The van der Waals surface area contributed by atoms with Gasteiger partial charge in [-0.05, 0) is 44.0 Å². The molecule has 0 amide bonds. The van der Waals surface area contributed by atoms with Gasteiger partial charge in [0.2, 0.25) is 0 Å². The molecule has 0 atom stereocenters. The topological polar surface area (TPSA) is 17.1 Å². The molecule has 5 heteroatoms. The number of alkyl halides is 1. The van der Waals surface area contributed by atoms with E-state index < -0.39 is 11.6 Å². The van der Waals surface area contributed by atoms with E-state index in [0.717, 1.165) is 0 Å². The maximum absolute atomic E-state index is 13.3. The van der Waals surface area contributed by atoms with Crippen molar-refractivity contribution >= 4 is 49.2 Å². The molecule has 1 nitrogen and oxygen atoms in total. The summed E-state index contributed by atoms with van der Waals surface area (Å²) in [7, 11) is 0. The van der Waals surface area contributed by atoms with Crippen molar-refractivity contribution in [3.8, 4) is 0 Å². The Morgan fingerprint density at radius 1 is 1.38 bits per heavy atom. The SMILES string of the molecule is O=C(CCl)c1c(Br)ccc(Br)c1F. The van der Waals surface area contributed by atoms with Crippen LogP contribution in [-0.2, 0) is 0 Å². The summed E-state index contributed by atoms with van der Waals surface area (Å²) in [6.07, 6.45) is 0. The monoisotopic (exact) mass is 328 g/mol. The van der Waals surface area contributed by atoms with Gasteiger partial charge in [0.1, 0.15) is 5.82 Å². The van der Waals surface area contributed by atoms with Crippen LogP contribution in [0.3, 0.4) is 0 Å². The number of rotatable bonds is 2. The number of hydrogen-bond acceptors (Lipinski definition) is 1. The van der Waals surface area contributed by atoms with E-state index in [2.05, 4.69) is 31.9 Å². The fourth-order valence-corrected chi connectivity index (χ4v) is 1.84. The molecular formula is C8H4Br2ClFO.